The van der Waals surface area contributed by atoms with Crippen LogP contribution in [0.25, 0.3) is 22.3 Å². The summed E-state index contributed by atoms with van der Waals surface area (Å²) in [5.74, 6) is -0.787. The summed E-state index contributed by atoms with van der Waals surface area (Å²) in [6.07, 6.45) is 6.63. The average molecular weight is 464 g/mol. The molecule has 3 aromatic rings. The second-order valence-corrected chi connectivity index (χ2v) is 9.16. The van der Waals surface area contributed by atoms with Gasteiger partial charge in [0.05, 0.1) is 23.9 Å². The predicted octanol–water partition coefficient (Wildman–Crippen LogP) is 5.01. The third-order valence-corrected chi connectivity index (χ3v) is 6.32. The number of aryl methyl sites for hydroxylation is 1. The molecule has 0 unspecified atom stereocenters. The highest BCUT2D eigenvalue weighted by atomic mass is 19.1. The molecule has 34 heavy (non-hydrogen) atoms. The molecule has 2 N–H and O–H groups in total. The van der Waals surface area contributed by atoms with Gasteiger partial charge in [0, 0.05) is 46.6 Å². The van der Waals surface area contributed by atoms with Gasteiger partial charge in [0.2, 0.25) is 0 Å². The fraction of sp³-hybridized carbons (Fsp3) is 0.385. The molecule has 3 heterocycles. The van der Waals surface area contributed by atoms with Crippen LogP contribution in [0.4, 0.5) is 8.78 Å². The molecular formula is C26H27F2N5O. The van der Waals surface area contributed by atoms with Gasteiger partial charge in [0.15, 0.2) is 5.65 Å². The fourth-order valence-corrected chi connectivity index (χ4v) is 4.41. The maximum Gasteiger partial charge on any atom is 0.163 e. The molecule has 0 amide bonds. The molecule has 1 aromatic carbocycles. The van der Waals surface area contributed by atoms with Crippen molar-refractivity contribution in [3.8, 4) is 11.3 Å². The van der Waals surface area contributed by atoms with Gasteiger partial charge in [-0.3, -0.25) is 4.99 Å². The first kappa shape index (κ1) is 22.5. The van der Waals surface area contributed by atoms with Gasteiger partial charge >= 0.3 is 0 Å². The Bertz CT molecular complexity index is 1290. The molecule has 1 saturated carbocycles. The predicted molar refractivity (Wildman–Crippen MR) is 128 cm³/mol. The van der Waals surface area contributed by atoms with Gasteiger partial charge in [-0.25, -0.2) is 23.7 Å². The highest BCUT2D eigenvalue weighted by Crippen LogP contribution is 2.37. The van der Waals surface area contributed by atoms with E-state index < -0.39 is 11.6 Å². The molecule has 0 spiro atoms. The van der Waals surface area contributed by atoms with Crippen molar-refractivity contribution >= 4 is 17.2 Å². The van der Waals surface area contributed by atoms with Gasteiger partial charge in [-0.15, -0.1) is 0 Å². The van der Waals surface area contributed by atoms with E-state index in [0.717, 1.165) is 30.2 Å². The van der Waals surface area contributed by atoms with E-state index in [1.165, 1.54) is 12.1 Å². The maximum atomic E-state index is 14.8. The van der Waals surface area contributed by atoms with Gasteiger partial charge in [-0.2, -0.15) is 0 Å². The van der Waals surface area contributed by atoms with E-state index in [9.17, 15) is 8.78 Å². The molecule has 2 aromatic heterocycles. The number of nitrogens with two attached hydrogens (primary N) is 1. The number of benzene rings is 1. The number of hydrogen-bond acceptors (Lipinski definition) is 6. The number of ether oxygens (including phenoxy) is 1. The molecule has 176 valence electrons. The maximum absolute atomic E-state index is 14.8. The van der Waals surface area contributed by atoms with Crippen molar-refractivity contribution in [1.82, 2.24) is 15.0 Å². The van der Waals surface area contributed by atoms with E-state index in [2.05, 4.69) is 9.98 Å². The van der Waals surface area contributed by atoms with Crippen molar-refractivity contribution in [3.63, 3.8) is 0 Å². The van der Waals surface area contributed by atoms with Crippen LogP contribution in [0.5, 0.6) is 0 Å². The second-order valence-electron chi connectivity index (χ2n) is 9.16. The van der Waals surface area contributed by atoms with Crippen molar-refractivity contribution in [2.45, 2.75) is 63.7 Å². The van der Waals surface area contributed by atoms with Crippen LogP contribution in [0.1, 0.15) is 50.0 Å². The Morgan fingerprint density at radius 1 is 1.12 bits per heavy atom. The normalized spacial score (nSPS) is 23.6. The Morgan fingerprint density at radius 2 is 1.94 bits per heavy atom. The Balaban J connectivity index is 1.56. The van der Waals surface area contributed by atoms with Crippen molar-refractivity contribution < 1.29 is 13.5 Å². The molecule has 0 bridgehead atoms. The van der Waals surface area contributed by atoms with Gasteiger partial charge in [0.1, 0.15) is 17.5 Å². The quantitative estimate of drug-likeness (QED) is 0.538. The van der Waals surface area contributed by atoms with Crippen molar-refractivity contribution in [2.75, 3.05) is 0 Å². The van der Waals surface area contributed by atoms with E-state index in [4.69, 9.17) is 20.4 Å². The van der Waals surface area contributed by atoms with E-state index in [-0.39, 0.29) is 23.7 Å². The van der Waals surface area contributed by atoms with Gasteiger partial charge in [-0.1, -0.05) is 0 Å². The standard InChI is InChI=1S/C26H27F2N5O/c1-14-3-7-21-24(20-8-4-18(27)11-22(20)28)32-25(33-26(21)31-14)16-9-15(2)34-23(10-16)17(12-29)13-30-19-5-6-19/h3-4,7-8,11-13,15-16,19,23H,5-6,9-10,29H2,1-2H3/b17-12+,30-13?/t15-,16-,23-/m1/s1. The van der Waals surface area contributed by atoms with E-state index in [0.29, 0.717) is 41.4 Å². The first-order valence-corrected chi connectivity index (χ1v) is 11.6. The van der Waals surface area contributed by atoms with Crippen LogP contribution in [0, 0.1) is 18.6 Å². The molecular weight excluding hydrogens is 436 g/mol. The van der Waals surface area contributed by atoms with Crippen LogP contribution in [-0.2, 0) is 4.74 Å². The molecule has 2 aliphatic rings. The van der Waals surface area contributed by atoms with Crippen molar-refractivity contribution in [1.29, 1.82) is 0 Å². The molecule has 3 atom stereocenters. The van der Waals surface area contributed by atoms with Crippen LogP contribution in [-0.4, -0.2) is 39.4 Å². The molecule has 5 rings (SSSR count). The first-order chi connectivity index (χ1) is 16.4. The Hall–Kier alpha value is -3.26. The molecule has 1 aliphatic heterocycles. The lowest BCUT2D eigenvalue weighted by Gasteiger charge is -2.33. The number of halogens is 2. The van der Waals surface area contributed by atoms with Gasteiger partial charge in [-0.05, 0) is 63.8 Å². The number of fused-ring (bicyclic) bond motifs is 1. The third kappa shape index (κ3) is 4.68. The number of aromatic nitrogens is 3. The van der Waals surface area contributed by atoms with Crippen LogP contribution in [0.15, 0.2) is 47.1 Å². The van der Waals surface area contributed by atoms with Gasteiger partial charge in [0.25, 0.3) is 0 Å². The van der Waals surface area contributed by atoms with Crippen molar-refractivity contribution in [3.05, 3.63) is 65.3 Å². The van der Waals surface area contributed by atoms with E-state index >= 15 is 0 Å². The zero-order chi connectivity index (χ0) is 23.8. The zero-order valence-corrected chi connectivity index (χ0v) is 19.2. The average Bonchev–Trinajstić information content (AvgIpc) is 3.63. The largest absolute Gasteiger partial charge is 0.404 e. The van der Waals surface area contributed by atoms with Gasteiger partial charge < -0.3 is 10.5 Å². The van der Waals surface area contributed by atoms with Crippen molar-refractivity contribution in [2.24, 2.45) is 10.7 Å². The number of rotatable bonds is 5. The van der Waals surface area contributed by atoms with Crippen LogP contribution in [0.3, 0.4) is 0 Å². The fourth-order valence-electron chi connectivity index (χ4n) is 4.41. The van der Waals surface area contributed by atoms with Crippen LogP contribution >= 0.6 is 0 Å². The van der Waals surface area contributed by atoms with Crippen LogP contribution in [0.2, 0.25) is 0 Å². The van der Waals surface area contributed by atoms with Crippen LogP contribution < -0.4 is 5.73 Å². The monoisotopic (exact) mass is 463 g/mol. The summed E-state index contributed by atoms with van der Waals surface area (Å²) in [7, 11) is 0. The minimum Gasteiger partial charge on any atom is -0.404 e. The number of nitrogens with zero attached hydrogens (tertiary/aromatic N) is 4. The molecule has 1 aliphatic carbocycles. The SMILES string of the molecule is Cc1ccc2c(-c3ccc(F)cc3F)nc([C@@H]3C[C@@H](C)O[C@@H](/C(C=NC4CC4)=C/N)C3)nc2n1. The summed E-state index contributed by atoms with van der Waals surface area (Å²) in [6.45, 7) is 3.89. The number of aliphatic imine (C=N–C) groups is 1. The lowest BCUT2D eigenvalue weighted by atomic mass is 9.88. The summed E-state index contributed by atoms with van der Waals surface area (Å²) >= 11 is 0. The first-order valence-electron chi connectivity index (χ1n) is 11.6. The highest BCUT2D eigenvalue weighted by molar-refractivity contribution is 5.90. The summed E-state index contributed by atoms with van der Waals surface area (Å²) in [4.78, 5) is 18.7. The zero-order valence-electron chi connectivity index (χ0n) is 19.2. The minimum atomic E-state index is -0.672. The Labute approximate surface area is 197 Å². The molecule has 8 heteroatoms. The molecule has 1 saturated heterocycles. The summed E-state index contributed by atoms with van der Waals surface area (Å²) in [6, 6.07) is 7.57. The molecule has 2 fully saturated rings. The van der Waals surface area contributed by atoms with E-state index in [1.54, 1.807) is 6.20 Å². The topological polar surface area (TPSA) is 86.3 Å². The lowest BCUT2D eigenvalue weighted by Crippen LogP contribution is -2.33. The summed E-state index contributed by atoms with van der Waals surface area (Å²) in [5.41, 5.74) is 8.66. The number of pyridine rings is 1. The Kier molecular flexibility index (Phi) is 6.08. The minimum absolute atomic E-state index is 0.0491. The lowest BCUT2D eigenvalue weighted by molar-refractivity contribution is -0.0272. The molecule has 0 radical (unpaired) electrons. The Morgan fingerprint density at radius 3 is 2.68 bits per heavy atom. The third-order valence-electron chi connectivity index (χ3n) is 6.32. The van der Waals surface area contributed by atoms with E-state index in [1.807, 2.05) is 32.2 Å². The molecule has 6 nitrogen and oxygen atoms in total. The number of hydrogen-bond donors (Lipinski definition) is 1. The smallest absolute Gasteiger partial charge is 0.163 e. The summed E-state index contributed by atoms with van der Waals surface area (Å²) < 4.78 is 34.5. The highest BCUT2D eigenvalue weighted by Gasteiger charge is 2.33. The second kappa shape index (κ2) is 9.18. The summed E-state index contributed by atoms with van der Waals surface area (Å²) in [5, 5.41) is 0.621.